The summed E-state index contributed by atoms with van der Waals surface area (Å²) in [4.78, 5) is 30.7. The number of hydrogen-bond donors (Lipinski definition) is 3. The van der Waals surface area contributed by atoms with Crippen LogP contribution in [0.2, 0.25) is 0 Å². The molecule has 2 aromatic heterocycles. The van der Waals surface area contributed by atoms with E-state index < -0.39 is 0 Å². The Morgan fingerprint density at radius 1 is 1.05 bits per heavy atom. The molecule has 39 heavy (non-hydrogen) atoms. The largest absolute Gasteiger partial charge is 0.379 e. The number of aromatic nitrogens is 3. The van der Waals surface area contributed by atoms with Crippen LogP contribution in [0.3, 0.4) is 0 Å². The van der Waals surface area contributed by atoms with Crippen molar-refractivity contribution in [1.82, 2.24) is 19.9 Å². The lowest BCUT2D eigenvalue weighted by Gasteiger charge is -2.34. The zero-order valence-electron chi connectivity index (χ0n) is 21.9. The molecule has 10 heteroatoms. The third-order valence-electron chi connectivity index (χ3n) is 7.38. The van der Waals surface area contributed by atoms with E-state index in [1.165, 1.54) is 30.0 Å². The minimum Gasteiger partial charge on any atom is -0.379 e. The zero-order chi connectivity index (χ0) is 26.8. The molecule has 4 aromatic rings. The Kier molecular flexibility index (Phi) is 7.12. The van der Waals surface area contributed by atoms with Crippen molar-refractivity contribution < 1.29 is 13.9 Å². The van der Waals surface area contributed by atoms with Crippen molar-refractivity contribution in [2.75, 3.05) is 62.0 Å². The van der Waals surface area contributed by atoms with E-state index in [1.54, 1.807) is 6.20 Å². The van der Waals surface area contributed by atoms with Gasteiger partial charge in [0.05, 0.1) is 23.6 Å². The molecule has 0 amide bonds. The van der Waals surface area contributed by atoms with Crippen LogP contribution in [0.1, 0.15) is 28.8 Å². The smallest absolute Gasteiger partial charge is 0.231 e. The van der Waals surface area contributed by atoms with Crippen molar-refractivity contribution >= 4 is 40.0 Å². The quantitative estimate of drug-likeness (QED) is 0.303. The summed E-state index contributed by atoms with van der Waals surface area (Å²) in [6.45, 7) is 5.43. The summed E-state index contributed by atoms with van der Waals surface area (Å²) < 4.78 is 19.1. The standard InChI is InChI=1S/C29H32FN7O2/c1-36-12-14-37(15-13-36)23-10-8-21(9-11-23)33-29-34-27-25(28(35-29)32-22-3-2-16-39-18-22)24(17-31-27)26(38)19-4-6-20(30)7-5-19/h4-11,17,22H,2-3,12-16,18H2,1H3,(H3,31,32,33,34,35). The first kappa shape index (κ1) is 25.3. The number of piperazine rings is 1. The molecule has 3 N–H and O–H groups in total. The van der Waals surface area contributed by atoms with Gasteiger partial charge in [-0.1, -0.05) is 0 Å². The number of carbonyl (C=O) groups excluding carboxylic acids is 1. The van der Waals surface area contributed by atoms with Crippen LogP contribution in [0, 0.1) is 5.82 Å². The van der Waals surface area contributed by atoms with E-state index in [1.807, 2.05) is 12.1 Å². The number of hydrogen-bond acceptors (Lipinski definition) is 8. The van der Waals surface area contributed by atoms with Gasteiger partial charge in [-0.2, -0.15) is 9.97 Å². The molecule has 2 aliphatic heterocycles. The number of ketones is 1. The summed E-state index contributed by atoms with van der Waals surface area (Å²) in [5, 5.41) is 7.41. The minimum absolute atomic E-state index is 0.0660. The second-order valence-corrected chi connectivity index (χ2v) is 10.2. The third kappa shape index (κ3) is 5.57. The second kappa shape index (κ2) is 11.0. The van der Waals surface area contributed by atoms with Crippen molar-refractivity contribution in [3.8, 4) is 0 Å². The van der Waals surface area contributed by atoms with Gasteiger partial charge in [-0.15, -0.1) is 0 Å². The molecular formula is C29H32FN7O2. The van der Waals surface area contributed by atoms with Crippen LogP contribution in [0.4, 0.5) is 27.5 Å². The van der Waals surface area contributed by atoms with Crippen molar-refractivity contribution in [3.05, 3.63) is 71.7 Å². The Hall–Kier alpha value is -4.02. The maximum atomic E-state index is 13.5. The SMILES string of the molecule is CN1CCN(c2ccc(Nc3nc(NC4CCCOC4)c4c(C(=O)c5ccc(F)cc5)c[nH]c4n3)cc2)CC1. The second-order valence-electron chi connectivity index (χ2n) is 10.2. The molecule has 4 heterocycles. The van der Waals surface area contributed by atoms with Gasteiger partial charge in [0, 0.05) is 55.9 Å². The Bertz CT molecular complexity index is 1440. The van der Waals surface area contributed by atoms with Gasteiger partial charge in [-0.25, -0.2) is 4.39 Å². The van der Waals surface area contributed by atoms with Gasteiger partial charge >= 0.3 is 0 Å². The first-order valence-corrected chi connectivity index (χ1v) is 13.4. The fourth-order valence-electron chi connectivity index (χ4n) is 5.13. The number of ether oxygens (including phenoxy) is 1. The molecule has 0 aliphatic carbocycles. The van der Waals surface area contributed by atoms with Crippen LogP contribution in [0.5, 0.6) is 0 Å². The monoisotopic (exact) mass is 529 g/mol. The molecule has 1 atom stereocenters. The van der Waals surface area contributed by atoms with Crippen LogP contribution < -0.4 is 15.5 Å². The molecule has 2 aliphatic rings. The molecule has 0 saturated carbocycles. The van der Waals surface area contributed by atoms with Crippen molar-refractivity contribution in [1.29, 1.82) is 0 Å². The van der Waals surface area contributed by atoms with Gasteiger partial charge in [-0.05, 0) is 68.4 Å². The van der Waals surface area contributed by atoms with Crippen molar-refractivity contribution in [3.63, 3.8) is 0 Å². The number of fused-ring (bicyclic) bond motifs is 1. The predicted octanol–water partition coefficient (Wildman–Crippen LogP) is 4.41. The molecule has 1 unspecified atom stereocenters. The van der Waals surface area contributed by atoms with E-state index in [0.29, 0.717) is 40.5 Å². The number of benzene rings is 2. The number of rotatable bonds is 7. The normalized spacial score (nSPS) is 18.3. The fourth-order valence-corrected chi connectivity index (χ4v) is 5.13. The highest BCUT2D eigenvalue weighted by Crippen LogP contribution is 2.30. The Morgan fingerprint density at radius 2 is 1.82 bits per heavy atom. The predicted molar refractivity (Wildman–Crippen MR) is 151 cm³/mol. The van der Waals surface area contributed by atoms with Gasteiger partial charge in [0.25, 0.3) is 0 Å². The minimum atomic E-state index is -0.388. The Morgan fingerprint density at radius 3 is 2.54 bits per heavy atom. The lowest BCUT2D eigenvalue weighted by atomic mass is 10.0. The molecule has 0 bridgehead atoms. The number of nitrogens with one attached hydrogen (secondary N) is 3. The number of halogens is 1. The number of nitrogens with zero attached hydrogens (tertiary/aromatic N) is 4. The molecule has 2 saturated heterocycles. The zero-order valence-corrected chi connectivity index (χ0v) is 21.9. The van der Waals surface area contributed by atoms with Crippen LogP contribution in [-0.2, 0) is 4.74 Å². The van der Waals surface area contributed by atoms with Crippen molar-refractivity contribution in [2.24, 2.45) is 0 Å². The van der Waals surface area contributed by atoms with E-state index in [0.717, 1.165) is 51.3 Å². The van der Waals surface area contributed by atoms with E-state index in [4.69, 9.17) is 9.72 Å². The number of H-pyrrole nitrogens is 1. The average molecular weight is 530 g/mol. The van der Waals surface area contributed by atoms with E-state index in [9.17, 15) is 9.18 Å². The van der Waals surface area contributed by atoms with Gasteiger partial charge in [-0.3, -0.25) is 4.79 Å². The number of likely N-dealkylation sites (N-methyl/N-ethyl adjacent to an activating group) is 1. The van der Waals surface area contributed by atoms with E-state index >= 15 is 0 Å². The summed E-state index contributed by atoms with van der Waals surface area (Å²) in [5.41, 5.74) is 3.42. The first-order chi connectivity index (χ1) is 19.0. The van der Waals surface area contributed by atoms with E-state index in [-0.39, 0.29) is 17.6 Å². The lowest BCUT2D eigenvalue weighted by Crippen LogP contribution is -2.44. The van der Waals surface area contributed by atoms with Gasteiger partial charge in [0.2, 0.25) is 5.95 Å². The van der Waals surface area contributed by atoms with Gasteiger partial charge in [0.1, 0.15) is 17.3 Å². The van der Waals surface area contributed by atoms with Crippen molar-refractivity contribution in [2.45, 2.75) is 18.9 Å². The fraction of sp³-hybridized carbons (Fsp3) is 0.345. The molecule has 0 radical (unpaired) electrons. The molecule has 0 spiro atoms. The molecule has 202 valence electrons. The lowest BCUT2D eigenvalue weighted by molar-refractivity contribution is 0.0875. The van der Waals surface area contributed by atoms with Crippen LogP contribution in [0.15, 0.2) is 54.7 Å². The number of anilines is 4. The highest BCUT2D eigenvalue weighted by molar-refractivity contribution is 6.18. The summed E-state index contributed by atoms with van der Waals surface area (Å²) in [6, 6.07) is 13.9. The summed E-state index contributed by atoms with van der Waals surface area (Å²) in [7, 11) is 2.15. The van der Waals surface area contributed by atoms with E-state index in [2.05, 4.69) is 49.6 Å². The Balaban J connectivity index is 1.29. The van der Waals surface area contributed by atoms with Crippen LogP contribution >= 0.6 is 0 Å². The van der Waals surface area contributed by atoms with Gasteiger partial charge < -0.3 is 30.2 Å². The molecule has 2 aromatic carbocycles. The third-order valence-corrected chi connectivity index (χ3v) is 7.38. The highest BCUT2D eigenvalue weighted by Gasteiger charge is 2.23. The summed E-state index contributed by atoms with van der Waals surface area (Å²) in [6.07, 6.45) is 3.53. The molecular weight excluding hydrogens is 497 g/mol. The molecule has 9 nitrogen and oxygen atoms in total. The van der Waals surface area contributed by atoms with Crippen LogP contribution in [-0.4, -0.2) is 78.1 Å². The molecule has 2 fully saturated rings. The maximum absolute atomic E-state index is 13.5. The topological polar surface area (TPSA) is 98.4 Å². The number of carbonyl (C=O) groups is 1. The summed E-state index contributed by atoms with van der Waals surface area (Å²) >= 11 is 0. The van der Waals surface area contributed by atoms with Gasteiger partial charge in [0.15, 0.2) is 5.78 Å². The average Bonchev–Trinajstić information content (AvgIpc) is 3.39. The maximum Gasteiger partial charge on any atom is 0.231 e. The number of aromatic amines is 1. The Labute approximate surface area is 226 Å². The molecule has 6 rings (SSSR count). The van der Waals surface area contributed by atoms with Crippen LogP contribution in [0.25, 0.3) is 11.0 Å². The highest BCUT2D eigenvalue weighted by atomic mass is 19.1. The first-order valence-electron chi connectivity index (χ1n) is 13.4. The summed E-state index contributed by atoms with van der Waals surface area (Å²) in [5.74, 6) is 0.351.